The van der Waals surface area contributed by atoms with E-state index >= 15 is 0 Å². The van der Waals surface area contributed by atoms with Gasteiger partial charge in [0, 0.05) is 17.5 Å². The molecule has 0 atom stereocenters. The molecule has 3 aromatic carbocycles. The summed E-state index contributed by atoms with van der Waals surface area (Å²) in [5, 5.41) is 11.8. The van der Waals surface area contributed by atoms with Gasteiger partial charge in [0.05, 0.1) is 12.6 Å². The van der Waals surface area contributed by atoms with Crippen LogP contribution in [0.15, 0.2) is 60.7 Å². The molecule has 0 radical (unpaired) electrons. The fraction of sp³-hybridized carbons (Fsp3) is 0.364. The minimum absolute atomic E-state index is 0.0283. The molecule has 1 N–H and O–H groups in total. The van der Waals surface area contributed by atoms with Crippen LogP contribution in [-0.4, -0.2) is 22.8 Å². The molecule has 1 saturated carbocycles. The number of aryl methyl sites for hydroxylation is 1. The summed E-state index contributed by atoms with van der Waals surface area (Å²) in [5.41, 5.74) is 7.94. The average Bonchev–Trinajstić information content (AvgIpc) is 3.63. The molecule has 1 heterocycles. The second kappa shape index (κ2) is 9.74. The van der Waals surface area contributed by atoms with Crippen LogP contribution in [0.25, 0.3) is 22.0 Å². The molecule has 1 aromatic heterocycles. The summed E-state index contributed by atoms with van der Waals surface area (Å²) < 4.78 is 7.52. The Bertz CT molecular complexity index is 1450. The molecule has 5 rings (SSSR count). The zero-order valence-electron chi connectivity index (χ0n) is 22.6. The highest BCUT2D eigenvalue weighted by Crippen LogP contribution is 2.42. The summed E-state index contributed by atoms with van der Waals surface area (Å²) in [4.78, 5) is 13.0. The first-order valence-electron chi connectivity index (χ1n) is 13.3. The van der Waals surface area contributed by atoms with Crippen LogP contribution < -0.4 is 4.74 Å². The Morgan fingerprint density at radius 3 is 2.32 bits per heavy atom. The van der Waals surface area contributed by atoms with Crippen LogP contribution in [0.2, 0.25) is 0 Å². The largest absolute Gasteiger partial charge is 0.497 e. The minimum atomic E-state index is -0.895. The van der Waals surface area contributed by atoms with Crippen molar-refractivity contribution in [1.82, 2.24) is 4.57 Å². The van der Waals surface area contributed by atoms with Gasteiger partial charge in [0.15, 0.2) is 0 Å². The van der Waals surface area contributed by atoms with E-state index in [0.29, 0.717) is 18.2 Å². The number of aromatic carboxylic acids is 1. The number of hydrogen-bond acceptors (Lipinski definition) is 2. The fourth-order valence-electron chi connectivity index (χ4n) is 5.47. The first kappa shape index (κ1) is 25.1. The van der Waals surface area contributed by atoms with Crippen molar-refractivity contribution in [3.8, 4) is 16.9 Å². The normalized spacial score (nSPS) is 13.8. The second-order valence-corrected chi connectivity index (χ2v) is 11.4. The number of fused-ring (bicyclic) bond motifs is 1. The third-order valence-corrected chi connectivity index (χ3v) is 7.68. The zero-order valence-corrected chi connectivity index (χ0v) is 22.6. The summed E-state index contributed by atoms with van der Waals surface area (Å²) >= 11 is 0. The molecule has 4 aromatic rings. The van der Waals surface area contributed by atoms with Crippen LogP contribution in [0.3, 0.4) is 0 Å². The van der Waals surface area contributed by atoms with Gasteiger partial charge >= 0.3 is 5.97 Å². The van der Waals surface area contributed by atoms with Gasteiger partial charge in [-0.2, -0.15) is 0 Å². The van der Waals surface area contributed by atoms with E-state index in [1.165, 1.54) is 29.5 Å². The summed E-state index contributed by atoms with van der Waals surface area (Å²) in [6, 6.07) is 20.9. The molecule has 0 saturated heterocycles. The molecule has 0 unspecified atom stereocenters. The van der Waals surface area contributed by atoms with Crippen LogP contribution in [0.5, 0.6) is 5.75 Å². The van der Waals surface area contributed by atoms with Crippen LogP contribution in [0.1, 0.15) is 73.3 Å². The molecule has 4 nitrogen and oxygen atoms in total. The minimum Gasteiger partial charge on any atom is -0.497 e. The predicted octanol–water partition coefficient (Wildman–Crippen LogP) is 7.88. The van der Waals surface area contributed by atoms with Crippen LogP contribution in [0.4, 0.5) is 0 Å². The van der Waals surface area contributed by atoms with Crippen molar-refractivity contribution in [2.75, 3.05) is 7.11 Å². The van der Waals surface area contributed by atoms with Crippen LogP contribution >= 0.6 is 0 Å². The Labute approximate surface area is 219 Å². The molecule has 4 heteroatoms. The molecule has 192 valence electrons. The highest BCUT2D eigenvalue weighted by atomic mass is 16.5. The number of carbonyl (C=O) groups is 1. The quantitative estimate of drug-likeness (QED) is 0.270. The van der Waals surface area contributed by atoms with Gasteiger partial charge in [-0.25, -0.2) is 4.79 Å². The smallest absolute Gasteiger partial charge is 0.353 e. The van der Waals surface area contributed by atoms with E-state index in [0.717, 1.165) is 46.2 Å². The van der Waals surface area contributed by atoms with Gasteiger partial charge < -0.3 is 14.4 Å². The number of rotatable bonds is 8. The van der Waals surface area contributed by atoms with Crippen molar-refractivity contribution in [1.29, 1.82) is 0 Å². The lowest BCUT2D eigenvalue weighted by Gasteiger charge is -2.19. The Balaban J connectivity index is 1.81. The first-order valence-corrected chi connectivity index (χ1v) is 13.3. The predicted molar refractivity (Wildman–Crippen MR) is 151 cm³/mol. The van der Waals surface area contributed by atoms with E-state index in [4.69, 9.17) is 4.74 Å². The molecule has 0 spiro atoms. The molecule has 0 amide bonds. The van der Waals surface area contributed by atoms with Gasteiger partial charge in [-0.1, -0.05) is 76.2 Å². The Morgan fingerprint density at radius 1 is 1.03 bits per heavy atom. The number of carboxylic acids is 1. The standard InChI is InChI=1S/C33H37NO3/c1-6-23-12-13-25(18-21-10-11-21)30-28(23)29(24-14-16-26(17-15-24)33(2,3)4)31(32(35)36)34(30)20-22-8-7-9-27(19-22)37-5/h7-9,12-17,19,21H,6,10-11,18,20H2,1-5H3,(H,35,36). The molecule has 37 heavy (non-hydrogen) atoms. The lowest BCUT2D eigenvalue weighted by Crippen LogP contribution is -2.12. The molecular weight excluding hydrogens is 458 g/mol. The number of benzene rings is 3. The first-order chi connectivity index (χ1) is 17.7. The van der Waals surface area contributed by atoms with Gasteiger partial charge in [-0.05, 0) is 77.0 Å². The summed E-state index contributed by atoms with van der Waals surface area (Å²) in [7, 11) is 1.66. The van der Waals surface area contributed by atoms with E-state index in [2.05, 4.69) is 68.7 Å². The van der Waals surface area contributed by atoms with Gasteiger partial charge in [-0.15, -0.1) is 0 Å². The summed E-state index contributed by atoms with van der Waals surface area (Å²) in [6.07, 6.45) is 4.33. The Kier molecular flexibility index (Phi) is 6.61. The van der Waals surface area contributed by atoms with Crippen LogP contribution in [-0.2, 0) is 24.8 Å². The number of hydrogen-bond donors (Lipinski definition) is 1. The number of ether oxygens (including phenoxy) is 1. The van der Waals surface area contributed by atoms with E-state index in [-0.39, 0.29) is 5.41 Å². The van der Waals surface area contributed by atoms with Gasteiger partial charge in [0.1, 0.15) is 11.4 Å². The zero-order chi connectivity index (χ0) is 26.3. The topological polar surface area (TPSA) is 51.5 Å². The molecule has 1 aliphatic rings. The van der Waals surface area contributed by atoms with Crippen molar-refractivity contribution >= 4 is 16.9 Å². The van der Waals surface area contributed by atoms with Gasteiger partial charge in [0.25, 0.3) is 0 Å². The lowest BCUT2D eigenvalue weighted by atomic mass is 9.85. The maximum absolute atomic E-state index is 13.0. The van der Waals surface area contributed by atoms with Crippen LogP contribution in [0, 0.1) is 5.92 Å². The van der Waals surface area contributed by atoms with Crippen molar-refractivity contribution in [2.24, 2.45) is 5.92 Å². The highest BCUT2D eigenvalue weighted by Gasteiger charge is 2.29. The van der Waals surface area contributed by atoms with Crippen molar-refractivity contribution < 1.29 is 14.6 Å². The highest BCUT2D eigenvalue weighted by molar-refractivity contribution is 6.10. The van der Waals surface area contributed by atoms with E-state index in [9.17, 15) is 9.90 Å². The molecule has 0 aliphatic heterocycles. The van der Waals surface area contributed by atoms with Gasteiger partial charge in [0.2, 0.25) is 0 Å². The molecule has 1 aliphatic carbocycles. The Hall–Kier alpha value is -3.53. The fourth-order valence-corrected chi connectivity index (χ4v) is 5.47. The average molecular weight is 496 g/mol. The summed E-state index contributed by atoms with van der Waals surface area (Å²) in [6.45, 7) is 9.22. The molecular formula is C33H37NO3. The number of carboxylic acid groups (broad SMARTS) is 1. The van der Waals surface area contributed by atoms with E-state index in [1.807, 2.05) is 24.3 Å². The number of nitrogens with zero attached hydrogens (tertiary/aromatic N) is 1. The Morgan fingerprint density at radius 2 is 1.73 bits per heavy atom. The maximum Gasteiger partial charge on any atom is 0.353 e. The molecule has 0 bridgehead atoms. The second-order valence-electron chi connectivity index (χ2n) is 11.4. The maximum atomic E-state index is 13.0. The van der Waals surface area contributed by atoms with Crippen molar-refractivity contribution in [2.45, 2.75) is 65.3 Å². The van der Waals surface area contributed by atoms with Gasteiger partial charge in [-0.3, -0.25) is 0 Å². The monoisotopic (exact) mass is 495 g/mol. The summed E-state index contributed by atoms with van der Waals surface area (Å²) in [5.74, 6) is 0.573. The third kappa shape index (κ3) is 4.90. The van der Waals surface area contributed by atoms with E-state index in [1.54, 1.807) is 7.11 Å². The lowest BCUT2D eigenvalue weighted by molar-refractivity contribution is 0.0687. The third-order valence-electron chi connectivity index (χ3n) is 7.68. The van der Waals surface area contributed by atoms with Crippen molar-refractivity contribution in [3.63, 3.8) is 0 Å². The number of methoxy groups -OCH3 is 1. The van der Waals surface area contributed by atoms with E-state index < -0.39 is 5.97 Å². The van der Waals surface area contributed by atoms with Crippen molar-refractivity contribution in [3.05, 3.63) is 88.6 Å². The SMILES string of the molecule is CCc1ccc(CC2CC2)c2c1c(-c1ccc(C(C)(C)C)cc1)c(C(=O)O)n2Cc1cccc(OC)c1. The number of aromatic nitrogens is 1. The molecule has 1 fully saturated rings.